The van der Waals surface area contributed by atoms with E-state index in [0.29, 0.717) is 44.6 Å². The van der Waals surface area contributed by atoms with Crippen LogP contribution in [0.1, 0.15) is 46.0 Å². The van der Waals surface area contributed by atoms with Crippen molar-refractivity contribution in [1.82, 2.24) is 19.2 Å². The van der Waals surface area contributed by atoms with E-state index >= 15 is 0 Å². The van der Waals surface area contributed by atoms with Crippen LogP contribution in [0.25, 0.3) is 0 Å². The molecule has 0 aliphatic carbocycles. The Morgan fingerprint density at radius 1 is 1.07 bits per heavy atom. The van der Waals surface area contributed by atoms with E-state index in [0.717, 1.165) is 38.6 Å². The molecule has 9 heteroatoms. The number of hydrogen-bond acceptors (Lipinski definition) is 4. The Morgan fingerprint density at radius 3 is 2.41 bits per heavy atom. The van der Waals surface area contributed by atoms with Gasteiger partial charge in [-0.15, -0.1) is 12.4 Å². The predicted molar refractivity (Wildman–Crippen MR) is 109 cm³/mol. The van der Waals surface area contributed by atoms with Gasteiger partial charge in [-0.2, -0.15) is 17.0 Å². The van der Waals surface area contributed by atoms with Crippen LogP contribution >= 0.6 is 12.4 Å². The van der Waals surface area contributed by atoms with Crippen LogP contribution < -0.4 is 10.6 Å². The third-order valence-electron chi connectivity index (χ3n) is 5.91. The van der Waals surface area contributed by atoms with Crippen LogP contribution in [-0.2, 0) is 15.0 Å². The Balaban J connectivity index is 0.00000261. The van der Waals surface area contributed by atoms with Gasteiger partial charge < -0.3 is 10.6 Å². The number of halogens is 1. The van der Waals surface area contributed by atoms with Crippen LogP contribution in [-0.4, -0.2) is 68.2 Å². The molecule has 3 heterocycles. The molecule has 3 saturated heterocycles. The van der Waals surface area contributed by atoms with E-state index in [1.165, 1.54) is 0 Å². The number of carbonyl (C=O) groups is 1. The molecule has 3 aliphatic rings. The van der Waals surface area contributed by atoms with Gasteiger partial charge in [0.25, 0.3) is 10.2 Å². The highest BCUT2D eigenvalue weighted by Crippen LogP contribution is 2.27. The normalized spacial score (nSPS) is 33.4. The van der Waals surface area contributed by atoms with Crippen molar-refractivity contribution in [2.75, 3.05) is 39.3 Å². The largest absolute Gasteiger partial charge is 0.354 e. The highest BCUT2D eigenvalue weighted by atomic mass is 35.5. The van der Waals surface area contributed by atoms with Crippen LogP contribution in [0, 0.1) is 17.8 Å². The monoisotopic (exact) mass is 422 g/mol. The summed E-state index contributed by atoms with van der Waals surface area (Å²) in [6.07, 6.45) is 4.86. The van der Waals surface area contributed by atoms with Crippen molar-refractivity contribution in [2.45, 2.75) is 52.0 Å². The maximum absolute atomic E-state index is 13.1. The molecule has 0 spiro atoms. The Labute approximate surface area is 170 Å². The molecule has 0 saturated carbocycles. The van der Waals surface area contributed by atoms with Crippen LogP contribution in [0.4, 0.5) is 0 Å². The molecule has 4 unspecified atom stereocenters. The summed E-state index contributed by atoms with van der Waals surface area (Å²) in [6, 6.07) is -0.0743. The summed E-state index contributed by atoms with van der Waals surface area (Å²) >= 11 is 0. The van der Waals surface area contributed by atoms with Gasteiger partial charge in [-0.25, -0.2) is 0 Å². The maximum atomic E-state index is 13.1. The second kappa shape index (κ2) is 9.87. The Morgan fingerprint density at radius 2 is 1.78 bits per heavy atom. The standard InChI is InChI=1S/C18H34N4O3S.ClH/c1-14-9-15(2)12-22(11-14)26(24,25)21-8-4-5-16(13-21)10-20-18(23)17-6-3-7-19-17;/h14-17,19H,3-13H2,1-2H3,(H,20,23);1H. The van der Waals surface area contributed by atoms with Crippen molar-refractivity contribution in [3.8, 4) is 0 Å². The SMILES string of the molecule is CC1CC(C)CN(S(=O)(=O)N2CCCC(CNC(=O)C3CCCN3)C2)C1.Cl. The second-order valence-corrected chi connectivity index (χ2v) is 10.5. The Kier molecular flexibility index (Phi) is 8.36. The molecule has 0 aromatic rings. The highest BCUT2D eigenvalue weighted by Gasteiger charge is 2.37. The first kappa shape index (κ1) is 22.9. The van der Waals surface area contributed by atoms with Crippen molar-refractivity contribution >= 4 is 28.5 Å². The number of amides is 1. The zero-order valence-electron chi connectivity index (χ0n) is 16.5. The molecule has 1 amide bonds. The quantitative estimate of drug-likeness (QED) is 0.697. The van der Waals surface area contributed by atoms with Crippen LogP contribution in [0.15, 0.2) is 0 Å². The van der Waals surface area contributed by atoms with Crippen LogP contribution in [0.5, 0.6) is 0 Å². The van der Waals surface area contributed by atoms with Crippen molar-refractivity contribution < 1.29 is 13.2 Å². The fourth-order valence-corrected chi connectivity index (χ4v) is 6.61. The van der Waals surface area contributed by atoms with Gasteiger partial charge in [0.05, 0.1) is 6.04 Å². The summed E-state index contributed by atoms with van der Waals surface area (Å²) in [6.45, 7) is 8.08. The summed E-state index contributed by atoms with van der Waals surface area (Å²) < 4.78 is 29.5. The van der Waals surface area contributed by atoms with Gasteiger partial charge >= 0.3 is 0 Å². The molecule has 158 valence electrons. The topological polar surface area (TPSA) is 81.8 Å². The average Bonchev–Trinajstić information content (AvgIpc) is 3.14. The van der Waals surface area contributed by atoms with Gasteiger partial charge in [-0.05, 0) is 56.4 Å². The van der Waals surface area contributed by atoms with Gasteiger partial charge in [0.1, 0.15) is 0 Å². The molecule has 3 rings (SSSR count). The minimum atomic E-state index is -3.40. The number of nitrogens with one attached hydrogen (secondary N) is 2. The number of hydrogen-bond donors (Lipinski definition) is 2. The number of nitrogens with zero attached hydrogens (tertiary/aromatic N) is 2. The predicted octanol–water partition coefficient (Wildman–Crippen LogP) is 1.21. The van der Waals surface area contributed by atoms with E-state index in [1.54, 1.807) is 8.61 Å². The lowest BCUT2D eigenvalue weighted by molar-refractivity contribution is -0.123. The van der Waals surface area contributed by atoms with E-state index < -0.39 is 10.2 Å². The second-order valence-electron chi connectivity index (χ2n) is 8.53. The van der Waals surface area contributed by atoms with E-state index in [1.807, 2.05) is 0 Å². The molecule has 0 aromatic heterocycles. The smallest absolute Gasteiger partial charge is 0.282 e. The van der Waals surface area contributed by atoms with Crippen molar-refractivity contribution in [2.24, 2.45) is 17.8 Å². The lowest BCUT2D eigenvalue weighted by atomic mass is 9.94. The molecule has 27 heavy (non-hydrogen) atoms. The summed E-state index contributed by atoms with van der Waals surface area (Å²) in [5, 5.41) is 6.23. The number of rotatable bonds is 5. The summed E-state index contributed by atoms with van der Waals surface area (Å²) in [5.74, 6) is 1.07. The van der Waals surface area contributed by atoms with Crippen LogP contribution in [0.2, 0.25) is 0 Å². The third kappa shape index (κ3) is 5.79. The molecule has 0 radical (unpaired) electrons. The van der Waals surface area contributed by atoms with Gasteiger partial charge in [-0.1, -0.05) is 13.8 Å². The number of piperidine rings is 2. The fraction of sp³-hybridized carbons (Fsp3) is 0.944. The average molecular weight is 423 g/mol. The summed E-state index contributed by atoms with van der Waals surface area (Å²) in [4.78, 5) is 12.2. The van der Waals surface area contributed by atoms with Crippen LogP contribution in [0.3, 0.4) is 0 Å². The van der Waals surface area contributed by atoms with E-state index in [2.05, 4.69) is 24.5 Å². The zero-order valence-corrected chi connectivity index (χ0v) is 18.2. The fourth-order valence-electron chi connectivity index (χ4n) is 4.64. The van der Waals surface area contributed by atoms with Gasteiger partial charge in [0, 0.05) is 32.7 Å². The first-order valence-electron chi connectivity index (χ1n) is 10.1. The molecule has 0 bridgehead atoms. The molecular weight excluding hydrogens is 388 g/mol. The molecule has 2 N–H and O–H groups in total. The minimum absolute atomic E-state index is 0. The van der Waals surface area contributed by atoms with Gasteiger partial charge in [0.2, 0.25) is 5.91 Å². The van der Waals surface area contributed by atoms with Crippen molar-refractivity contribution in [3.05, 3.63) is 0 Å². The molecule has 4 atom stereocenters. The lowest BCUT2D eigenvalue weighted by Crippen LogP contribution is -2.53. The minimum Gasteiger partial charge on any atom is -0.354 e. The van der Waals surface area contributed by atoms with E-state index in [9.17, 15) is 13.2 Å². The van der Waals surface area contributed by atoms with E-state index in [-0.39, 0.29) is 30.3 Å². The highest BCUT2D eigenvalue weighted by molar-refractivity contribution is 7.86. The zero-order chi connectivity index (χ0) is 18.7. The van der Waals surface area contributed by atoms with Crippen molar-refractivity contribution in [3.63, 3.8) is 0 Å². The van der Waals surface area contributed by atoms with Crippen molar-refractivity contribution in [1.29, 1.82) is 0 Å². The van der Waals surface area contributed by atoms with Gasteiger partial charge in [0.15, 0.2) is 0 Å². The molecule has 7 nitrogen and oxygen atoms in total. The van der Waals surface area contributed by atoms with E-state index in [4.69, 9.17) is 0 Å². The molecule has 3 fully saturated rings. The first-order chi connectivity index (χ1) is 12.4. The third-order valence-corrected chi connectivity index (χ3v) is 7.85. The Bertz CT molecular complexity index is 587. The first-order valence-corrected chi connectivity index (χ1v) is 11.5. The molecule has 0 aromatic carbocycles. The molecular formula is C18H35ClN4O3S. The summed E-state index contributed by atoms with van der Waals surface area (Å²) in [7, 11) is -3.40. The molecule has 3 aliphatic heterocycles. The lowest BCUT2D eigenvalue weighted by Gasteiger charge is -2.39. The summed E-state index contributed by atoms with van der Waals surface area (Å²) in [5.41, 5.74) is 0. The Hall–Kier alpha value is -0.410. The van der Waals surface area contributed by atoms with Gasteiger partial charge in [-0.3, -0.25) is 4.79 Å². The maximum Gasteiger partial charge on any atom is 0.282 e. The number of carbonyl (C=O) groups excluding carboxylic acids is 1.